The van der Waals surface area contributed by atoms with Crippen molar-refractivity contribution < 1.29 is 9.59 Å². The normalized spacial score (nSPS) is 10.7. The molecule has 0 fully saturated rings. The Morgan fingerprint density at radius 1 is 1.14 bits per heavy atom. The minimum atomic E-state index is 0.107. The van der Waals surface area contributed by atoms with E-state index in [1.165, 1.54) is 11.3 Å². The predicted octanol–water partition coefficient (Wildman–Crippen LogP) is 4.98. The molecule has 0 saturated carbocycles. The van der Waals surface area contributed by atoms with Crippen LogP contribution >= 0.6 is 22.7 Å². The van der Waals surface area contributed by atoms with Crippen LogP contribution in [-0.4, -0.2) is 16.6 Å². The Hall–Kier alpha value is -1.33. The van der Waals surface area contributed by atoms with Crippen LogP contribution in [0, 0.1) is 0 Å². The molecular formula is C16H19NO2S2. The summed E-state index contributed by atoms with van der Waals surface area (Å²) in [6, 6.07) is 4.00. The molecule has 2 rings (SSSR count). The summed E-state index contributed by atoms with van der Waals surface area (Å²) in [6.07, 6.45) is 4.43. The van der Waals surface area contributed by atoms with E-state index in [0.29, 0.717) is 30.7 Å². The standard InChI is InChI=1S/C16H19NO2S2/c1-2-12(18)7-4-3-5-8-14(19)13-11-21-16(17-13)15-9-6-10-20-15/h6,9-11H,2-5,7-8H2,1H3. The molecule has 0 atom stereocenters. The van der Waals surface area contributed by atoms with E-state index >= 15 is 0 Å². The number of aromatic nitrogens is 1. The molecule has 0 aliphatic rings. The number of hydrogen-bond donors (Lipinski definition) is 0. The van der Waals surface area contributed by atoms with Crippen LogP contribution in [-0.2, 0) is 4.79 Å². The summed E-state index contributed by atoms with van der Waals surface area (Å²) in [5.74, 6) is 0.414. The monoisotopic (exact) mass is 321 g/mol. The van der Waals surface area contributed by atoms with E-state index in [2.05, 4.69) is 4.98 Å². The van der Waals surface area contributed by atoms with E-state index < -0.39 is 0 Å². The van der Waals surface area contributed by atoms with E-state index in [1.54, 1.807) is 11.3 Å². The van der Waals surface area contributed by atoms with Gasteiger partial charge >= 0.3 is 0 Å². The topological polar surface area (TPSA) is 47.0 Å². The third kappa shape index (κ3) is 4.86. The lowest BCUT2D eigenvalue weighted by Crippen LogP contribution is -2.00. The first-order valence-electron chi connectivity index (χ1n) is 7.25. The first-order chi connectivity index (χ1) is 10.2. The fraction of sp³-hybridized carbons (Fsp3) is 0.438. The zero-order chi connectivity index (χ0) is 15.1. The Morgan fingerprint density at radius 3 is 2.67 bits per heavy atom. The van der Waals surface area contributed by atoms with Gasteiger partial charge in [-0.3, -0.25) is 9.59 Å². The van der Waals surface area contributed by atoms with Gasteiger partial charge in [-0.15, -0.1) is 22.7 Å². The number of unbranched alkanes of at least 4 members (excludes halogenated alkanes) is 2. The van der Waals surface area contributed by atoms with Crippen LogP contribution in [0.15, 0.2) is 22.9 Å². The number of thiophene rings is 1. The van der Waals surface area contributed by atoms with Crippen molar-refractivity contribution in [3.05, 3.63) is 28.6 Å². The number of carbonyl (C=O) groups excluding carboxylic acids is 2. The highest BCUT2D eigenvalue weighted by molar-refractivity contribution is 7.20. The maximum Gasteiger partial charge on any atom is 0.182 e. The van der Waals surface area contributed by atoms with Crippen molar-refractivity contribution in [3.63, 3.8) is 0 Å². The second kappa shape index (κ2) is 8.20. The van der Waals surface area contributed by atoms with Gasteiger partial charge in [0.1, 0.15) is 16.5 Å². The summed E-state index contributed by atoms with van der Waals surface area (Å²) < 4.78 is 0. The molecule has 0 radical (unpaired) electrons. The summed E-state index contributed by atoms with van der Waals surface area (Å²) in [4.78, 5) is 28.8. The molecule has 0 unspecified atom stereocenters. The van der Waals surface area contributed by atoms with Gasteiger partial charge in [0, 0.05) is 24.6 Å². The molecule has 0 aliphatic heterocycles. The highest BCUT2D eigenvalue weighted by Gasteiger charge is 2.12. The zero-order valence-electron chi connectivity index (χ0n) is 12.1. The second-order valence-electron chi connectivity index (χ2n) is 4.89. The van der Waals surface area contributed by atoms with Crippen LogP contribution in [0.3, 0.4) is 0 Å². The molecule has 2 aromatic heterocycles. The van der Waals surface area contributed by atoms with E-state index in [1.807, 2.05) is 29.8 Å². The van der Waals surface area contributed by atoms with Crippen molar-refractivity contribution >= 4 is 34.2 Å². The van der Waals surface area contributed by atoms with Gasteiger partial charge in [0.15, 0.2) is 5.78 Å². The summed E-state index contributed by atoms with van der Waals surface area (Å²) in [5.41, 5.74) is 0.577. The van der Waals surface area contributed by atoms with Crippen molar-refractivity contribution in [2.45, 2.75) is 45.4 Å². The van der Waals surface area contributed by atoms with Crippen LogP contribution in [0.4, 0.5) is 0 Å². The third-order valence-corrected chi connectivity index (χ3v) is 5.16. The number of nitrogens with zero attached hydrogens (tertiary/aromatic N) is 1. The molecule has 0 N–H and O–H groups in total. The number of hydrogen-bond acceptors (Lipinski definition) is 5. The number of carbonyl (C=O) groups is 2. The van der Waals surface area contributed by atoms with E-state index in [-0.39, 0.29) is 5.78 Å². The summed E-state index contributed by atoms with van der Waals surface area (Å²) in [7, 11) is 0. The summed E-state index contributed by atoms with van der Waals surface area (Å²) in [6.45, 7) is 1.89. The molecule has 0 aromatic carbocycles. The molecule has 3 nitrogen and oxygen atoms in total. The van der Waals surface area contributed by atoms with Crippen LogP contribution in [0.2, 0.25) is 0 Å². The van der Waals surface area contributed by atoms with E-state index in [4.69, 9.17) is 0 Å². The van der Waals surface area contributed by atoms with Gasteiger partial charge in [-0.05, 0) is 24.3 Å². The predicted molar refractivity (Wildman–Crippen MR) is 88.1 cm³/mol. The second-order valence-corrected chi connectivity index (χ2v) is 6.70. The minimum Gasteiger partial charge on any atom is -0.300 e. The first kappa shape index (κ1) is 16.0. The lowest BCUT2D eigenvalue weighted by Gasteiger charge is -1.99. The number of thiazole rings is 1. The number of rotatable bonds is 9. The Bertz CT molecular complexity index is 587. The van der Waals surface area contributed by atoms with Gasteiger partial charge in [-0.25, -0.2) is 4.98 Å². The minimum absolute atomic E-state index is 0.107. The quantitative estimate of drug-likeness (QED) is 0.483. The lowest BCUT2D eigenvalue weighted by molar-refractivity contribution is -0.118. The molecule has 2 heterocycles. The highest BCUT2D eigenvalue weighted by atomic mass is 32.1. The third-order valence-electron chi connectivity index (χ3n) is 3.28. The van der Waals surface area contributed by atoms with Crippen molar-refractivity contribution in [3.8, 4) is 9.88 Å². The fourth-order valence-corrected chi connectivity index (χ4v) is 3.64. The molecule has 0 amide bonds. The lowest BCUT2D eigenvalue weighted by atomic mass is 10.1. The van der Waals surface area contributed by atoms with Crippen molar-refractivity contribution in [1.29, 1.82) is 0 Å². The summed E-state index contributed by atoms with van der Waals surface area (Å²) in [5, 5.41) is 4.77. The zero-order valence-corrected chi connectivity index (χ0v) is 13.8. The summed E-state index contributed by atoms with van der Waals surface area (Å²) >= 11 is 3.16. The first-order valence-corrected chi connectivity index (χ1v) is 9.01. The molecule has 0 saturated heterocycles. The van der Waals surface area contributed by atoms with Gasteiger partial charge in [-0.2, -0.15) is 0 Å². The van der Waals surface area contributed by atoms with Crippen molar-refractivity contribution in [1.82, 2.24) is 4.98 Å². The van der Waals surface area contributed by atoms with Crippen LogP contribution in [0.1, 0.15) is 55.9 Å². The Labute approximate surface area is 133 Å². The molecule has 0 spiro atoms. The Morgan fingerprint density at radius 2 is 1.95 bits per heavy atom. The van der Waals surface area contributed by atoms with Gasteiger partial charge in [0.25, 0.3) is 0 Å². The van der Waals surface area contributed by atoms with Crippen molar-refractivity contribution in [2.75, 3.05) is 0 Å². The molecule has 0 aliphatic carbocycles. The Balaban J connectivity index is 1.75. The van der Waals surface area contributed by atoms with Gasteiger partial charge in [0.05, 0.1) is 4.88 Å². The number of ketones is 2. The fourth-order valence-electron chi connectivity index (χ4n) is 2.00. The van der Waals surface area contributed by atoms with E-state index in [9.17, 15) is 9.59 Å². The average Bonchev–Trinajstić information content (AvgIpc) is 3.16. The van der Waals surface area contributed by atoms with Crippen LogP contribution in [0.5, 0.6) is 0 Å². The molecule has 21 heavy (non-hydrogen) atoms. The van der Waals surface area contributed by atoms with Gasteiger partial charge in [0.2, 0.25) is 0 Å². The SMILES string of the molecule is CCC(=O)CCCCCC(=O)c1csc(-c2cccs2)n1. The average molecular weight is 321 g/mol. The molecule has 112 valence electrons. The number of Topliss-reactive ketones (excluding diaryl/α,β-unsaturated/α-hetero) is 2. The van der Waals surface area contributed by atoms with Gasteiger partial charge < -0.3 is 0 Å². The molecule has 0 bridgehead atoms. The van der Waals surface area contributed by atoms with E-state index in [0.717, 1.165) is 29.1 Å². The maximum absolute atomic E-state index is 12.1. The maximum atomic E-state index is 12.1. The molecular weight excluding hydrogens is 302 g/mol. The Kier molecular flexibility index (Phi) is 6.26. The smallest absolute Gasteiger partial charge is 0.182 e. The van der Waals surface area contributed by atoms with Crippen LogP contribution < -0.4 is 0 Å². The molecule has 5 heteroatoms. The highest BCUT2D eigenvalue weighted by Crippen LogP contribution is 2.28. The molecule has 2 aromatic rings. The van der Waals surface area contributed by atoms with Gasteiger partial charge in [-0.1, -0.05) is 19.4 Å². The van der Waals surface area contributed by atoms with Crippen molar-refractivity contribution in [2.24, 2.45) is 0 Å². The van der Waals surface area contributed by atoms with Crippen LogP contribution in [0.25, 0.3) is 9.88 Å². The largest absolute Gasteiger partial charge is 0.300 e.